The number of hydrogen-bond donors (Lipinski definition) is 1. The first-order valence-electron chi connectivity index (χ1n) is 10.9. The van der Waals surface area contributed by atoms with Crippen LogP contribution in [0.3, 0.4) is 0 Å². The average Bonchev–Trinajstić information content (AvgIpc) is 2.86. The Hall–Kier alpha value is -3.07. The second kappa shape index (κ2) is 11.9. The number of nitrogens with zero attached hydrogens (tertiary/aromatic N) is 2. The van der Waals surface area contributed by atoms with E-state index in [0.29, 0.717) is 35.6 Å². The van der Waals surface area contributed by atoms with Crippen molar-refractivity contribution in [2.75, 3.05) is 24.8 Å². The van der Waals surface area contributed by atoms with Crippen molar-refractivity contribution in [3.63, 3.8) is 0 Å². The van der Waals surface area contributed by atoms with Crippen LogP contribution in [0.4, 0.5) is 5.69 Å². The lowest BCUT2D eigenvalue weighted by Crippen LogP contribution is -2.25. The van der Waals surface area contributed by atoms with Crippen molar-refractivity contribution in [3.05, 3.63) is 89.2 Å². The summed E-state index contributed by atoms with van der Waals surface area (Å²) in [5, 5.41) is 4.11. The van der Waals surface area contributed by atoms with Gasteiger partial charge >= 0.3 is 0 Å². The van der Waals surface area contributed by atoms with Crippen LogP contribution >= 0.6 is 23.5 Å². The monoisotopic (exact) mass is 491 g/mol. The van der Waals surface area contributed by atoms with E-state index >= 15 is 0 Å². The number of rotatable bonds is 10. The molecule has 4 aromatic rings. The molecule has 4 rings (SSSR count). The molecule has 0 aliphatic carbocycles. The number of carbonyl (C=O) groups excluding carboxylic acids is 1. The average molecular weight is 492 g/mol. The van der Waals surface area contributed by atoms with Crippen molar-refractivity contribution in [2.45, 2.75) is 27.9 Å². The number of nitrogens with one attached hydrogen (secondary N) is 1. The minimum Gasteiger partial charge on any atom is -0.385 e. The zero-order valence-corrected chi connectivity index (χ0v) is 20.4. The van der Waals surface area contributed by atoms with Crippen LogP contribution in [0.25, 0.3) is 10.9 Å². The maximum atomic E-state index is 13.1. The number of methoxy groups -OCH3 is 1. The first kappa shape index (κ1) is 24.1. The van der Waals surface area contributed by atoms with Gasteiger partial charge in [-0.15, -0.1) is 0 Å². The van der Waals surface area contributed by atoms with E-state index < -0.39 is 0 Å². The second-order valence-electron chi connectivity index (χ2n) is 7.46. The van der Waals surface area contributed by atoms with Gasteiger partial charge in [-0.05, 0) is 42.8 Å². The second-order valence-corrected chi connectivity index (χ2v) is 9.52. The summed E-state index contributed by atoms with van der Waals surface area (Å²) in [6, 6.07) is 25.0. The molecule has 174 valence electrons. The van der Waals surface area contributed by atoms with E-state index in [0.717, 1.165) is 15.5 Å². The predicted octanol–water partition coefficient (Wildman–Crippen LogP) is 5.32. The minimum atomic E-state index is -0.156. The van der Waals surface area contributed by atoms with Gasteiger partial charge in [0.15, 0.2) is 5.16 Å². The fourth-order valence-electron chi connectivity index (χ4n) is 3.41. The number of anilines is 1. The van der Waals surface area contributed by atoms with Gasteiger partial charge in [0.2, 0.25) is 5.91 Å². The maximum Gasteiger partial charge on any atom is 0.262 e. The van der Waals surface area contributed by atoms with Gasteiger partial charge < -0.3 is 10.1 Å². The Morgan fingerprint density at radius 3 is 2.56 bits per heavy atom. The van der Waals surface area contributed by atoms with Crippen molar-refractivity contribution in [2.24, 2.45) is 0 Å². The molecule has 0 atom stereocenters. The summed E-state index contributed by atoms with van der Waals surface area (Å²) >= 11 is 2.86. The van der Waals surface area contributed by atoms with Crippen LogP contribution in [0.2, 0.25) is 0 Å². The molecule has 1 N–H and O–H groups in total. The SMILES string of the molecule is COCCCn1c(SCC(=O)Nc2ccccc2Sc2ccccc2)nc2ccccc2c1=O. The van der Waals surface area contributed by atoms with Crippen LogP contribution in [0.5, 0.6) is 0 Å². The number of hydrogen-bond acceptors (Lipinski definition) is 6. The number of amides is 1. The molecule has 0 aliphatic rings. The summed E-state index contributed by atoms with van der Waals surface area (Å²) in [5.74, 6) is -0.0173. The molecular weight excluding hydrogens is 466 g/mol. The lowest BCUT2D eigenvalue weighted by atomic mass is 10.2. The number of ether oxygens (including phenoxy) is 1. The van der Waals surface area contributed by atoms with Crippen molar-refractivity contribution in [1.82, 2.24) is 9.55 Å². The lowest BCUT2D eigenvalue weighted by molar-refractivity contribution is -0.113. The van der Waals surface area contributed by atoms with E-state index in [4.69, 9.17) is 4.74 Å². The lowest BCUT2D eigenvalue weighted by Gasteiger charge is -2.14. The third-order valence-electron chi connectivity index (χ3n) is 5.02. The molecule has 0 saturated carbocycles. The molecule has 8 heteroatoms. The fraction of sp³-hybridized carbons (Fsp3) is 0.192. The molecule has 0 radical (unpaired) electrons. The Bertz CT molecular complexity index is 1330. The van der Waals surface area contributed by atoms with Crippen LogP contribution in [-0.4, -0.2) is 34.9 Å². The molecule has 34 heavy (non-hydrogen) atoms. The van der Waals surface area contributed by atoms with Gasteiger partial charge in [-0.1, -0.05) is 66.0 Å². The van der Waals surface area contributed by atoms with Crippen molar-refractivity contribution >= 4 is 46.0 Å². The van der Waals surface area contributed by atoms with Crippen molar-refractivity contribution in [3.8, 4) is 0 Å². The molecule has 0 spiro atoms. The quantitative estimate of drug-likeness (QED) is 0.184. The van der Waals surface area contributed by atoms with E-state index in [1.54, 1.807) is 29.5 Å². The van der Waals surface area contributed by atoms with Gasteiger partial charge in [0.25, 0.3) is 5.56 Å². The molecule has 1 aromatic heterocycles. The molecule has 1 amide bonds. The van der Waals surface area contributed by atoms with Gasteiger partial charge in [-0.2, -0.15) is 0 Å². The normalized spacial score (nSPS) is 11.0. The minimum absolute atomic E-state index is 0.103. The summed E-state index contributed by atoms with van der Waals surface area (Å²) in [6.07, 6.45) is 0.681. The zero-order chi connectivity index (χ0) is 23.8. The number of thioether (sulfide) groups is 1. The summed E-state index contributed by atoms with van der Waals surface area (Å²) in [7, 11) is 1.63. The van der Waals surface area contributed by atoms with E-state index in [-0.39, 0.29) is 17.2 Å². The number of benzene rings is 3. The van der Waals surface area contributed by atoms with E-state index in [1.807, 2.05) is 72.8 Å². The molecule has 0 fully saturated rings. The molecule has 0 bridgehead atoms. The molecule has 6 nitrogen and oxygen atoms in total. The number of para-hydroxylation sites is 2. The Kier molecular flexibility index (Phi) is 8.41. The number of carbonyl (C=O) groups is 1. The largest absolute Gasteiger partial charge is 0.385 e. The number of fused-ring (bicyclic) bond motifs is 1. The summed E-state index contributed by atoms with van der Waals surface area (Å²) in [4.78, 5) is 32.6. The van der Waals surface area contributed by atoms with Crippen molar-refractivity contribution in [1.29, 1.82) is 0 Å². The standard InChI is InChI=1S/C26H25N3O3S2/c1-32-17-9-16-29-25(31)20-12-5-6-13-21(20)28-26(29)33-18-24(30)27-22-14-7-8-15-23(22)34-19-10-3-2-4-11-19/h2-8,10-15H,9,16-18H2,1H3,(H,27,30). The Labute approximate surface area is 206 Å². The fourth-order valence-corrected chi connectivity index (χ4v) is 5.16. The summed E-state index contributed by atoms with van der Waals surface area (Å²) in [5.41, 5.74) is 1.28. The molecule has 3 aromatic carbocycles. The predicted molar refractivity (Wildman–Crippen MR) is 139 cm³/mol. The number of aromatic nitrogens is 2. The van der Waals surface area contributed by atoms with E-state index in [1.165, 1.54) is 11.8 Å². The molecular formula is C26H25N3O3S2. The van der Waals surface area contributed by atoms with Gasteiger partial charge in [0.1, 0.15) is 0 Å². The third-order valence-corrected chi connectivity index (χ3v) is 7.08. The van der Waals surface area contributed by atoms with Gasteiger partial charge in [0, 0.05) is 30.1 Å². The molecule has 0 saturated heterocycles. The Morgan fingerprint density at radius 1 is 1.00 bits per heavy atom. The summed E-state index contributed by atoms with van der Waals surface area (Å²) in [6.45, 7) is 1.02. The zero-order valence-electron chi connectivity index (χ0n) is 18.8. The Balaban J connectivity index is 1.49. The molecule has 0 aliphatic heterocycles. The smallest absolute Gasteiger partial charge is 0.262 e. The van der Waals surface area contributed by atoms with Crippen LogP contribution in [0.15, 0.2) is 98.6 Å². The highest BCUT2D eigenvalue weighted by atomic mass is 32.2. The highest BCUT2D eigenvalue weighted by molar-refractivity contribution is 8.00. The molecule has 1 heterocycles. The molecule has 0 unspecified atom stereocenters. The van der Waals surface area contributed by atoms with E-state index in [9.17, 15) is 9.59 Å². The third kappa shape index (κ3) is 6.08. The van der Waals surface area contributed by atoms with Gasteiger partial charge in [-0.3, -0.25) is 14.2 Å². The summed E-state index contributed by atoms with van der Waals surface area (Å²) < 4.78 is 6.78. The first-order valence-corrected chi connectivity index (χ1v) is 12.7. The first-order chi connectivity index (χ1) is 16.7. The van der Waals surface area contributed by atoms with Crippen molar-refractivity contribution < 1.29 is 9.53 Å². The van der Waals surface area contributed by atoms with Crippen LogP contribution in [0, 0.1) is 0 Å². The van der Waals surface area contributed by atoms with Crippen LogP contribution in [0.1, 0.15) is 6.42 Å². The maximum absolute atomic E-state index is 13.1. The topological polar surface area (TPSA) is 73.2 Å². The van der Waals surface area contributed by atoms with E-state index in [2.05, 4.69) is 10.3 Å². The highest BCUT2D eigenvalue weighted by Gasteiger charge is 2.14. The van der Waals surface area contributed by atoms with Gasteiger partial charge in [0.05, 0.1) is 22.3 Å². The van der Waals surface area contributed by atoms with Crippen LogP contribution < -0.4 is 10.9 Å². The highest BCUT2D eigenvalue weighted by Crippen LogP contribution is 2.33. The van der Waals surface area contributed by atoms with Crippen LogP contribution in [-0.2, 0) is 16.1 Å². The Morgan fingerprint density at radius 2 is 1.74 bits per heavy atom. The van der Waals surface area contributed by atoms with Gasteiger partial charge in [-0.25, -0.2) is 4.98 Å².